The van der Waals surface area contributed by atoms with E-state index in [1.807, 2.05) is 0 Å². The molecule has 1 aromatic carbocycles. The standard InChI is InChI=1S/C34H52N2O3S/c1-6-9-23-20-24(10-7-2)32(25(21-23)11-8-3)40(38,39)36-35-31-15-14-29-28-13-12-26-22-27(37)16-18-33(26,4)30(28)17-19-34(29,31)5/h12,20-21,27-30,36-37H,6-11,13-19,22H2,1-5H3/b35-31-/t27-,28?,29?,30?,33-,34-/m0/s1. The van der Waals surface area contributed by atoms with Crippen LogP contribution < -0.4 is 4.83 Å². The summed E-state index contributed by atoms with van der Waals surface area (Å²) >= 11 is 0. The van der Waals surface area contributed by atoms with Crippen LogP contribution in [0.1, 0.15) is 122 Å². The maximum Gasteiger partial charge on any atom is 0.277 e. The number of hydrazone groups is 1. The van der Waals surface area contributed by atoms with Crippen molar-refractivity contribution in [3.05, 3.63) is 40.5 Å². The van der Waals surface area contributed by atoms with Crippen molar-refractivity contribution >= 4 is 15.7 Å². The van der Waals surface area contributed by atoms with Crippen LogP contribution in [0.15, 0.2) is 33.8 Å². The Labute approximate surface area is 243 Å². The van der Waals surface area contributed by atoms with Gasteiger partial charge in [0.2, 0.25) is 0 Å². The first-order chi connectivity index (χ1) is 19.1. The van der Waals surface area contributed by atoms with Gasteiger partial charge in [-0.15, -0.1) is 0 Å². The van der Waals surface area contributed by atoms with Crippen LogP contribution in [0, 0.1) is 28.6 Å². The molecule has 3 saturated carbocycles. The smallest absolute Gasteiger partial charge is 0.277 e. The van der Waals surface area contributed by atoms with Gasteiger partial charge in [-0.2, -0.15) is 13.5 Å². The van der Waals surface area contributed by atoms with Crippen LogP contribution in [0.3, 0.4) is 0 Å². The van der Waals surface area contributed by atoms with E-state index in [2.05, 4.69) is 57.7 Å². The van der Waals surface area contributed by atoms with E-state index in [1.165, 1.54) is 11.1 Å². The predicted molar refractivity (Wildman–Crippen MR) is 164 cm³/mol. The molecule has 0 radical (unpaired) electrons. The van der Waals surface area contributed by atoms with Crippen molar-refractivity contribution < 1.29 is 13.5 Å². The fraction of sp³-hybridized carbons (Fsp3) is 0.735. The number of rotatable bonds is 9. The highest BCUT2D eigenvalue weighted by molar-refractivity contribution is 7.89. The second kappa shape index (κ2) is 11.6. The van der Waals surface area contributed by atoms with Gasteiger partial charge in [-0.1, -0.05) is 77.7 Å². The van der Waals surface area contributed by atoms with Crippen molar-refractivity contribution in [1.29, 1.82) is 0 Å². The molecule has 6 atom stereocenters. The van der Waals surface area contributed by atoms with Crippen molar-refractivity contribution in [1.82, 2.24) is 4.83 Å². The lowest BCUT2D eigenvalue weighted by atomic mass is 9.48. The second-order valence-electron chi connectivity index (χ2n) is 13.8. The summed E-state index contributed by atoms with van der Waals surface area (Å²) in [5, 5.41) is 15.1. The molecule has 6 heteroatoms. The highest BCUT2D eigenvalue weighted by atomic mass is 32.2. The topological polar surface area (TPSA) is 78.8 Å². The number of aliphatic hydroxyl groups is 1. The van der Waals surface area contributed by atoms with Crippen LogP contribution in [0.2, 0.25) is 0 Å². The van der Waals surface area contributed by atoms with Gasteiger partial charge in [0.25, 0.3) is 10.0 Å². The van der Waals surface area contributed by atoms with Gasteiger partial charge >= 0.3 is 0 Å². The molecule has 3 fully saturated rings. The van der Waals surface area contributed by atoms with Gasteiger partial charge in [0, 0.05) is 11.1 Å². The molecule has 0 aromatic heterocycles. The van der Waals surface area contributed by atoms with E-state index in [1.54, 1.807) is 0 Å². The minimum absolute atomic E-state index is 0.0525. The Kier molecular flexibility index (Phi) is 8.61. The molecule has 4 aliphatic carbocycles. The van der Waals surface area contributed by atoms with Gasteiger partial charge in [0.05, 0.1) is 11.0 Å². The molecule has 0 saturated heterocycles. The Balaban J connectivity index is 1.41. The molecule has 40 heavy (non-hydrogen) atoms. The maximum atomic E-state index is 13.9. The summed E-state index contributed by atoms with van der Waals surface area (Å²) in [6, 6.07) is 4.25. The number of sulfonamides is 1. The number of aryl methyl sites for hydroxylation is 3. The van der Waals surface area contributed by atoms with Gasteiger partial charge in [-0.3, -0.25) is 0 Å². The minimum atomic E-state index is -3.77. The number of hydrogen-bond donors (Lipinski definition) is 2. The van der Waals surface area contributed by atoms with E-state index >= 15 is 0 Å². The first-order valence-corrected chi connectivity index (χ1v) is 17.7. The third kappa shape index (κ3) is 5.21. The molecule has 2 N–H and O–H groups in total. The van der Waals surface area contributed by atoms with E-state index in [9.17, 15) is 13.5 Å². The molecule has 0 amide bonds. The Morgan fingerprint density at radius 1 is 0.925 bits per heavy atom. The van der Waals surface area contributed by atoms with Crippen LogP contribution in [0.25, 0.3) is 0 Å². The quantitative estimate of drug-likeness (QED) is 0.239. The number of allylic oxidation sites excluding steroid dienone is 1. The van der Waals surface area contributed by atoms with Crippen molar-refractivity contribution in [3.63, 3.8) is 0 Å². The molecule has 5 rings (SSSR count). The predicted octanol–water partition coefficient (Wildman–Crippen LogP) is 7.50. The first kappa shape index (κ1) is 29.8. The van der Waals surface area contributed by atoms with Crippen LogP contribution in [0.4, 0.5) is 0 Å². The Hall–Kier alpha value is -1.66. The third-order valence-electron chi connectivity index (χ3n) is 11.3. The number of fused-ring (bicyclic) bond motifs is 5. The average molecular weight is 569 g/mol. The lowest BCUT2D eigenvalue weighted by Crippen LogP contribution is -2.50. The van der Waals surface area contributed by atoms with E-state index in [0.29, 0.717) is 22.6 Å². The van der Waals surface area contributed by atoms with Crippen LogP contribution >= 0.6 is 0 Å². The normalized spacial score (nSPS) is 34.6. The molecule has 5 nitrogen and oxygen atoms in total. The Bertz CT molecular complexity index is 1240. The van der Waals surface area contributed by atoms with Crippen LogP contribution in [0.5, 0.6) is 0 Å². The molecule has 0 spiro atoms. The monoisotopic (exact) mass is 568 g/mol. The Morgan fingerprint density at radius 2 is 1.55 bits per heavy atom. The first-order valence-electron chi connectivity index (χ1n) is 16.2. The van der Waals surface area contributed by atoms with Crippen molar-refractivity contribution in [2.75, 3.05) is 0 Å². The highest BCUT2D eigenvalue weighted by Gasteiger charge is 2.57. The summed E-state index contributed by atoms with van der Waals surface area (Å²) in [6.07, 6.45) is 15.8. The lowest BCUT2D eigenvalue weighted by molar-refractivity contribution is -0.0209. The number of hydrogen-bond acceptors (Lipinski definition) is 4. The van der Waals surface area contributed by atoms with E-state index in [-0.39, 0.29) is 16.9 Å². The van der Waals surface area contributed by atoms with Gasteiger partial charge < -0.3 is 5.11 Å². The maximum absolute atomic E-state index is 13.9. The molecular weight excluding hydrogens is 516 g/mol. The summed E-state index contributed by atoms with van der Waals surface area (Å²) in [6.45, 7) is 11.2. The summed E-state index contributed by atoms with van der Waals surface area (Å²) < 4.78 is 27.8. The number of aliphatic hydroxyl groups excluding tert-OH is 1. The van der Waals surface area contributed by atoms with E-state index < -0.39 is 10.0 Å². The fourth-order valence-corrected chi connectivity index (χ4v) is 10.6. The van der Waals surface area contributed by atoms with Crippen LogP contribution in [-0.2, 0) is 29.3 Å². The molecule has 222 valence electrons. The molecule has 3 unspecified atom stereocenters. The van der Waals surface area contributed by atoms with Gasteiger partial charge in [0.1, 0.15) is 0 Å². The summed E-state index contributed by atoms with van der Waals surface area (Å²) in [7, 11) is -3.77. The molecule has 1 aromatic rings. The Morgan fingerprint density at radius 3 is 2.20 bits per heavy atom. The molecular formula is C34H52N2O3S. The lowest BCUT2D eigenvalue weighted by Gasteiger charge is -2.57. The zero-order valence-electron chi connectivity index (χ0n) is 25.6. The highest BCUT2D eigenvalue weighted by Crippen LogP contribution is 2.64. The zero-order chi connectivity index (χ0) is 28.7. The fourth-order valence-electron chi connectivity index (χ4n) is 9.29. The van der Waals surface area contributed by atoms with E-state index in [0.717, 1.165) is 107 Å². The number of benzene rings is 1. The SMILES string of the molecule is CCCc1cc(CCC)c(S(=O)(=O)N/N=C2/CCC3C4CC=C5C[C@@H](O)CC[C@]5(C)C4CC[C@]23C)c(CCC)c1. The molecule has 0 aliphatic heterocycles. The van der Waals surface area contributed by atoms with Gasteiger partial charge in [-0.05, 0) is 110 Å². The second-order valence-corrected chi connectivity index (χ2v) is 15.4. The van der Waals surface area contributed by atoms with Crippen molar-refractivity contribution in [3.8, 4) is 0 Å². The third-order valence-corrected chi connectivity index (χ3v) is 12.7. The largest absolute Gasteiger partial charge is 0.393 e. The average Bonchev–Trinajstić information content (AvgIpc) is 3.24. The van der Waals surface area contributed by atoms with Crippen molar-refractivity contribution in [2.24, 2.45) is 33.7 Å². The summed E-state index contributed by atoms with van der Waals surface area (Å²) in [5.74, 6) is 1.81. The van der Waals surface area contributed by atoms with Gasteiger partial charge in [-0.25, -0.2) is 4.83 Å². The number of nitrogens with one attached hydrogen (secondary N) is 1. The van der Waals surface area contributed by atoms with Gasteiger partial charge in [0.15, 0.2) is 0 Å². The minimum Gasteiger partial charge on any atom is -0.393 e. The van der Waals surface area contributed by atoms with Crippen molar-refractivity contribution in [2.45, 2.75) is 136 Å². The summed E-state index contributed by atoms with van der Waals surface area (Å²) in [4.78, 5) is 3.25. The molecule has 0 heterocycles. The zero-order valence-corrected chi connectivity index (χ0v) is 26.4. The summed E-state index contributed by atoms with van der Waals surface area (Å²) in [5.41, 5.74) is 5.83. The molecule has 4 aliphatic rings. The molecule has 0 bridgehead atoms. The number of nitrogens with zero attached hydrogens (tertiary/aromatic N) is 1. The van der Waals surface area contributed by atoms with E-state index in [4.69, 9.17) is 5.10 Å². The van der Waals surface area contributed by atoms with Crippen LogP contribution in [-0.4, -0.2) is 25.3 Å².